The van der Waals surface area contributed by atoms with Gasteiger partial charge < -0.3 is 4.74 Å². The number of ether oxygens (including phenoxy) is 1. The number of nitro groups is 1. The Morgan fingerprint density at radius 1 is 1.32 bits per heavy atom. The van der Waals surface area contributed by atoms with E-state index in [9.17, 15) is 32.3 Å². The lowest BCUT2D eigenvalue weighted by atomic mass is 10.1. The molecule has 0 aliphatic heterocycles. The molecule has 0 unspecified atom stereocenters. The minimum absolute atomic E-state index is 0.169. The van der Waals surface area contributed by atoms with Crippen molar-refractivity contribution in [3.63, 3.8) is 0 Å². The predicted molar refractivity (Wildman–Crippen MR) is 94.2 cm³/mol. The quantitative estimate of drug-likeness (QED) is 0.520. The Morgan fingerprint density at radius 3 is 2.46 bits per heavy atom. The van der Waals surface area contributed by atoms with Crippen molar-refractivity contribution in [2.24, 2.45) is 4.36 Å². The number of alkyl halides is 3. The Bertz CT molecular complexity index is 1070. The molecule has 13 heteroatoms. The summed E-state index contributed by atoms with van der Waals surface area (Å²) in [7, 11) is -2.89. The van der Waals surface area contributed by atoms with Gasteiger partial charge >= 0.3 is 6.18 Å². The number of amides is 1. The average Bonchev–Trinajstić information content (AvgIpc) is 2.54. The number of halogens is 4. The van der Waals surface area contributed by atoms with Crippen LogP contribution in [0, 0.1) is 10.1 Å². The molecule has 0 fully saturated rings. The fourth-order valence-corrected chi connectivity index (χ4v) is 2.63. The maximum absolute atomic E-state index is 12.6. The molecule has 0 atom stereocenters. The van der Waals surface area contributed by atoms with Crippen LogP contribution in [-0.2, 0) is 15.9 Å². The number of rotatable bonds is 4. The van der Waals surface area contributed by atoms with Crippen molar-refractivity contribution in [3.8, 4) is 11.6 Å². The van der Waals surface area contributed by atoms with Crippen molar-refractivity contribution in [1.82, 2.24) is 4.98 Å². The van der Waals surface area contributed by atoms with E-state index in [1.54, 1.807) is 0 Å². The number of pyridine rings is 1. The van der Waals surface area contributed by atoms with Crippen LogP contribution in [-0.4, -0.2) is 32.5 Å². The summed E-state index contributed by atoms with van der Waals surface area (Å²) in [4.78, 5) is 25.9. The number of nitrogens with zero attached hydrogens (tertiary/aromatic N) is 3. The molecule has 0 radical (unpaired) electrons. The van der Waals surface area contributed by atoms with Crippen molar-refractivity contribution in [2.75, 3.05) is 12.5 Å². The third kappa shape index (κ3) is 5.39. The molecule has 0 aliphatic carbocycles. The van der Waals surface area contributed by atoms with Gasteiger partial charge in [0, 0.05) is 40.6 Å². The summed E-state index contributed by atoms with van der Waals surface area (Å²) in [5.41, 5.74) is -2.22. The molecule has 150 valence electrons. The van der Waals surface area contributed by atoms with Crippen LogP contribution >= 0.6 is 11.6 Å². The molecule has 1 amide bonds. The second-order valence-corrected chi connectivity index (χ2v) is 8.58. The largest absolute Gasteiger partial charge is 0.438 e. The molecule has 0 spiro atoms. The molecule has 0 saturated carbocycles. The van der Waals surface area contributed by atoms with Gasteiger partial charge in [-0.1, -0.05) is 11.6 Å². The molecular formula is C15H11ClF3N3O5S. The van der Waals surface area contributed by atoms with Gasteiger partial charge in [0.2, 0.25) is 5.88 Å². The summed E-state index contributed by atoms with van der Waals surface area (Å²) < 4.78 is 58.2. The third-order valence-electron chi connectivity index (χ3n) is 3.05. The SMILES string of the molecule is CS(C)(=O)=NC(=O)c1cc(Oc2ncc(C(F)(F)F)cc2Cl)ccc1[N+](=O)[O-]. The molecule has 1 heterocycles. The summed E-state index contributed by atoms with van der Waals surface area (Å²) in [6.07, 6.45) is -1.82. The molecule has 1 aromatic carbocycles. The zero-order chi connectivity index (χ0) is 21.3. The smallest absolute Gasteiger partial charge is 0.417 e. The molecule has 0 N–H and O–H groups in total. The third-order valence-corrected chi connectivity index (χ3v) is 3.92. The molecule has 8 nitrogen and oxygen atoms in total. The van der Waals surface area contributed by atoms with E-state index in [1.807, 2.05) is 0 Å². The number of hydrogen-bond donors (Lipinski definition) is 0. The van der Waals surface area contributed by atoms with Gasteiger partial charge in [-0.2, -0.15) is 17.5 Å². The van der Waals surface area contributed by atoms with Gasteiger partial charge in [0.1, 0.15) is 16.3 Å². The number of benzene rings is 1. The summed E-state index contributed by atoms with van der Waals surface area (Å²) in [5.74, 6) is -1.69. The molecule has 28 heavy (non-hydrogen) atoms. The van der Waals surface area contributed by atoms with Crippen LogP contribution in [0.2, 0.25) is 5.02 Å². The highest BCUT2D eigenvalue weighted by atomic mass is 35.5. The van der Waals surface area contributed by atoms with E-state index in [1.165, 1.54) is 12.5 Å². The lowest BCUT2D eigenvalue weighted by Crippen LogP contribution is -2.06. The van der Waals surface area contributed by atoms with Crippen LogP contribution in [0.5, 0.6) is 11.6 Å². The van der Waals surface area contributed by atoms with Crippen LogP contribution in [0.25, 0.3) is 0 Å². The number of carbonyl (C=O) groups excluding carboxylic acids is 1. The summed E-state index contributed by atoms with van der Waals surface area (Å²) in [6.45, 7) is 0. The van der Waals surface area contributed by atoms with Gasteiger partial charge in [0.05, 0.1) is 10.5 Å². The normalized spacial score (nSPS) is 11.8. The zero-order valence-corrected chi connectivity index (χ0v) is 15.8. The van der Waals surface area contributed by atoms with Crippen molar-refractivity contribution < 1.29 is 31.8 Å². The fourth-order valence-electron chi connectivity index (χ4n) is 1.93. The van der Waals surface area contributed by atoms with Gasteiger partial charge in [0.15, 0.2) is 0 Å². The molecular weight excluding hydrogens is 427 g/mol. The minimum atomic E-state index is -4.66. The van der Waals surface area contributed by atoms with Crippen LogP contribution in [0.3, 0.4) is 0 Å². The first-order valence-electron chi connectivity index (χ1n) is 7.18. The van der Waals surface area contributed by atoms with Crippen LogP contribution in [0.15, 0.2) is 34.8 Å². The highest BCUT2D eigenvalue weighted by Crippen LogP contribution is 2.35. The lowest BCUT2D eigenvalue weighted by molar-refractivity contribution is -0.385. The van der Waals surface area contributed by atoms with Crippen molar-refractivity contribution in [1.29, 1.82) is 0 Å². The Hall–Kier alpha value is -2.73. The zero-order valence-electron chi connectivity index (χ0n) is 14.2. The second kappa shape index (κ2) is 7.72. The topological polar surface area (TPSA) is 112 Å². The summed E-state index contributed by atoms with van der Waals surface area (Å²) in [5, 5.41) is 10.6. The van der Waals surface area contributed by atoms with Gasteiger partial charge in [-0.05, 0) is 12.1 Å². The van der Waals surface area contributed by atoms with Crippen LogP contribution in [0.1, 0.15) is 15.9 Å². The van der Waals surface area contributed by atoms with E-state index in [4.69, 9.17) is 16.3 Å². The van der Waals surface area contributed by atoms with E-state index in [0.717, 1.165) is 18.2 Å². The highest BCUT2D eigenvalue weighted by molar-refractivity contribution is 7.92. The molecule has 2 rings (SSSR count). The van der Waals surface area contributed by atoms with Gasteiger partial charge in [0.25, 0.3) is 11.6 Å². The maximum atomic E-state index is 12.6. The number of carbonyl (C=O) groups is 1. The van der Waals surface area contributed by atoms with Crippen LogP contribution in [0.4, 0.5) is 18.9 Å². The van der Waals surface area contributed by atoms with E-state index in [0.29, 0.717) is 12.3 Å². The fraction of sp³-hybridized carbons (Fsp3) is 0.200. The van der Waals surface area contributed by atoms with Crippen molar-refractivity contribution >= 4 is 32.9 Å². The van der Waals surface area contributed by atoms with Gasteiger partial charge in [-0.25, -0.2) is 9.19 Å². The highest BCUT2D eigenvalue weighted by Gasteiger charge is 2.32. The molecule has 0 bridgehead atoms. The minimum Gasteiger partial charge on any atom is -0.438 e. The van der Waals surface area contributed by atoms with E-state index >= 15 is 0 Å². The first kappa shape index (κ1) is 21.6. The van der Waals surface area contributed by atoms with E-state index in [2.05, 4.69) is 9.35 Å². The predicted octanol–water partition coefficient (Wildman–Crippen LogP) is 4.32. The monoisotopic (exact) mass is 437 g/mol. The molecule has 1 aromatic heterocycles. The first-order chi connectivity index (χ1) is 12.8. The Labute approximate surface area is 161 Å². The number of aromatic nitrogens is 1. The van der Waals surface area contributed by atoms with Gasteiger partial charge in [-0.15, -0.1) is 0 Å². The lowest BCUT2D eigenvalue weighted by Gasteiger charge is -2.10. The van der Waals surface area contributed by atoms with Crippen LogP contribution < -0.4 is 4.74 Å². The van der Waals surface area contributed by atoms with Crippen molar-refractivity contribution in [3.05, 3.63) is 56.7 Å². The Kier molecular flexibility index (Phi) is 5.94. The van der Waals surface area contributed by atoms with Gasteiger partial charge in [-0.3, -0.25) is 14.9 Å². The van der Waals surface area contributed by atoms with Crippen molar-refractivity contribution in [2.45, 2.75) is 6.18 Å². The second-order valence-electron chi connectivity index (χ2n) is 5.62. The molecule has 0 aliphatic rings. The average molecular weight is 438 g/mol. The Balaban J connectivity index is 2.46. The van der Waals surface area contributed by atoms with E-state index in [-0.39, 0.29) is 5.75 Å². The first-order valence-corrected chi connectivity index (χ1v) is 9.89. The Morgan fingerprint density at radius 2 is 1.96 bits per heavy atom. The van der Waals surface area contributed by atoms with E-state index < -0.39 is 54.5 Å². The molecule has 2 aromatic rings. The number of hydrogen-bond acceptors (Lipinski definition) is 6. The standard InChI is InChI=1S/C15H11ClF3N3O5S/c1-28(2,26)21-13(23)10-6-9(3-4-12(10)22(24)25)27-14-11(16)5-8(7-20-14)15(17,18)19/h3-7H,1-2H3. The molecule has 0 saturated heterocycles. The summed E-state index contributed by atoms with van der Waals surface area (Å²) in [6, 6.07) is 3.56. The summed E-state index contributed by atoms with van der Waals surface area (Å²) >= 11 is 5.74. The number of nitro benzene ring substituents is 1. The maximum Gasteiger partial charge on any atom is 0.417 e.